The summed E-state index contributed by atoms with van der Waals surface area (Å²) in [5, 5.41) is 3.60. The van der Waals surface area contributed by atoms with Crippen LogP contribution in [-0.4, -0.2) is 37.1 Å². The number of nitrogens with one attached hydrogen (secondary N) is 1. The van der Waals surface area contributed by atoms with Crippen LogP contribution in [0.2, 0.25) is 0 Å². The Hall–Kier alpha value is -0.0800. The molecular weight excluding hydrogens is 232 g/mol. The summed E-state index contributed by atoms with van der Waals surface area (Å²) in [5.74, 6) is 1.73. The van der Waals surface area contributed by atoms with E-state index in [1.165, 1.54) is 64.5 Å². The molecule has 2 fully saturated rings. The standard InChI is InChI=1S/C17H34N2/c1-14(2)11-12-19(16-9-10-16)13-15-7-5-4-6-8-17(15)18-3/h14-18H,4-13H2,1-3H3. The van der Waals surface area contributed by atoms with E-state index in [0.29, 0.717) is 0 Å². The lowest BCUT2D eigenvalue weighted by Gasteiger charge is -2.32. The van der Waals surface area contributed by atoms with Gasteiger partial charge < -0.3 is 10.2 Å². The largest absolute Gasteiger partial charge is 0.317 e. The zero-order chi connectivity index (χ0) is 13.7. The van der Waals surface area contributed by atoms with Crippen molar-refractivity contribution in [3.63, 3.8) is 0 Å². The highest BCUT2D eigenvalue weighted by molar-refractivity contribution is 4.88. The average molecular weight is 266 g/mol. The quantitative estimate of drug-likeness (QED) is 0.707. The van der Waals surface area contributed by atoms with Crippen LogP contribution in [0.4, 0.5) is 0 Å². The van der Waals surface area contributed by atoms with Gasteiger partial charge in [-0.2, -0.15) is 0 Å². The molecule has 0 amide bonds. The average Bonchev–Trinajstić information content (AvgIpc) is 3.21. The Balaban J connectivity index is 1.86. The Kier molecular flexibility index (Phi) is 6.15. The van der Waals surface area contributed by atoms with Gasteiger partial charge in [0.05, 0.1) is 0 Å². The first-order chi connectivity index (χ1) is 9.20. The minimum Gasteiger partial charge on any atom is -0.317 e. The van der Waals surface area contributed by atoms with Crippen LogP contribution in [0.25, 0.3) is 0 Å². The number of hydrogen-bond donors (Lipinski definition) is 1. The van der Waals surface area contributed by atoms with Gasteiger partial charge in [0, 0.05) is 18.6 Å². The Labute approximate surface area is 120 Å². The second-order valence-corrected chi connectivity index (χ2v) is 7.20. The summed E-state index contributed by atoms with van der Waals surface area (Å²) in [6.07, 6.45) is 11.4. The maximum Gasteiger partial charge on any atom is 0.0104 e. The van der Waals surface area contributed by atoms with E-state index in [2.05, 4.69) is 31.1 Å². The van der Waals surface area contributed by atoms with Gasteiger partial charge in [0.2, 0.25) is 0 Å². The first-order valence-corrected chi connectivity index (χ1v) is 8.62. The van der Waals surface area contributed by atoms with E-state index in [9.17, 15) is 0 Å². The molecule has 0 aliphatic heterocycles. The fraction of sp³-hybridized carbons (Fsp3) is 1.00. The van der Waals surface area contributed by atoms with Gasteiger partial charge in [-0.25, -0.2) is 0 Å². The number of nitrogens with zero attached hydrogens (tertiary/aromatic N) is 1. The van der Waals surface area contributed by atoms with Crippen molar-refractivity contribution in [2.75, 3.05) is 20.1 Å². The van der Waals surface area contributed by atoms with Gasteiger partial charge >= 0.3 is 0 Å². The van der Waals surface area contributed by atoms with Gasteiger partial charge in [-0.1, -0.05) is 33.1 Å². The zero-order valence-electron chi connectivity index (χ0n) is 13.3. The molecule has 2 saturated carbocycles. The lowest BCUT2D eigenvalue weighted by molar-refractivity contribution is 0.181. The predicted octanol–water partition coefficient (Wildman–Crippen LogP) is 3.67. The van der Waals surface area contributed by atoms with Crippen molar-refractivity contribution >= 4 is 0 Å². The SMILES string of the molecule is CNC1CCCCCC1CN(CCC(C)C)C1CC1. The molecule has 2 rings (SSSR count). The van der Waals surface area contributed by atoms with E-state index in [1.807, 2.05) is 0 Å². The molecule has 0 saturated heterocycles. The molecule has 0 radical (unpaired) electrons. The molecule has 0 heterocycles. The summed E-state index contributed by atoms with van der Waals surface area (Å²) < 4.78 is 0. The van der Waals surface area contributed by atoms with Crippen molar-refractivity contribution in [1.82, 2.24) is 10.2 Å². The van der Waals surface area contributed by atoms with Crippen LogP contribution in [0.15, 0.2) is 0 Å². The van der Waals surface area contributed by atoms with Crippen molar-refractivity contribution in [2.45, 2.75) is 77.3 Å². The molecule has 2 atom stereocenters. The highest BCUT2D eigenvalue weighted by Gasteiger charge is 2.32. The van der Waals surface area contributed by atoms with E-state index < -0.39 is 0 Å². The van der Waals surface area contributed by atoms with Crippen LogP contribution in [0.5, 0.6) is 0 Å². The van der Waals surface area contributed by atoms with Gasteiger partial charge in [-0.3, -0.25) is 0 Å². The summed E-state index contributed by atoms with van der Waals surface area (Å²) in [7, 11) is 2.17. The highest BCUT2D eigenvalue weighted by atomic mass is 15.2. The molecular formula is C17H34N2. The molecule has 2 nitrogen and oxygen atoms in total. The van der Waals surface area contributed by atoms with Crippen LogP contribution in [0.1, 0.15) is 65.2 Å². The third-order valence-electron chi connectivity index (χ3n) is 5.06. The van der Waals surface area contributed by atoms with Crippen molar-refractivity contribution in [3.8, 4) is 0 Å². The first kappa shape index (κ1) is 15.3. The third kappa shape index (κ3) is 5.07. The van der Waals surface area contributed by atoms with Crippen LogP contribution >= 0.6 is 0 Å². The van der Waals surface area contributed by atoms with Gasteiger partial charge in [0.15, 0.2) is 0 Å². The molecule has 112 valence electrons. The molecule has 0 bridgehead atoms. The Morgan fingerprint density at radius 3 is 2.42 bits per heavy atom. The van der Waals surface area contributed by atoms with E-state index in [1.54, 1.807) is 0 Å². The molecule has 2 aliphatic rings. The predicted molar refractivity (Wildman–Crippen MR) is 83.5 cm³/mol. The van der Waals surface area contributed by atoms with Crippen molar-refractivity contribution in [1.29, 1.82) is 0 Å². The van der Waals surface area contributed by atoms with E-state index in [4.69, 9.17) is 0 Å². The molecule has 2 unspecified atom stereocenters. The van der Waals surface area contributed by atoms with Gasteiger partial charge in [-0.05, 0) is 57.5 Å². The summed E-state index contributed by atoms with van der Waals surface area (Å²) in [6.45, 7) is 7.39. The zero-order valence-corrected chi connectivity index (χ0v) is 13.3. The summed E-state index contributed by atoms with van der Waals surface area (Å²) in [6, 6.07) is 1.70. The monoisotopic (exact) mass is 266 g/mol. The van der Waals surface area contributed by atoms with Crippen LogP contribution in [0, 0.1) is 11.8 Å². The molecule has 0 aromatic rings. The van der Waals surface area contributed by atoms with E-state index in [0.717, 1.165) is 23.9 Å². The smallest absolute Gasteiger partial charge is 0.0104 e. The maximum absolute atomic E-state index is 3.60. The maximum atomic E-state index is 3.60. The lowest BCUT2D eigenvalue weighted by Crippen LogP contribution is -2.41. The van der Waals surface area contributed by atoms with Crippen LogP contribution < -0.4 is 5.32 Å². The molecule has 19 heavy (non-hydrogen) atoms. The second-order valence-electron chi connectivity index (χ2n) is 7.20. The minimum absolute atomic E-state index is 0.766. The molecule has 0 aromatic heterocycles. The lowest BCUT2D eigenvalue weighted by atomic mass is 9.94. The van der Waals surface area contributed by atoms with E-state index >= 15 is 0 Å². The topological polar surface area (TPSA) is 15.3 Å². The Bertz CT molecular complexity index is 248. The summed E-state index contributed by atoms with van der Waals surface area (Å²) in [5.41, 5.74) is 0. The van der Waals surface area contributed by atoms with Crippen molar-refractivity contribution in [3.05, 3.63) is 0 Å². The second kappa shape index (κ2) is 7.64. The van der Waals surface area contributed by atoms with E-state index in [-0.39, 0.29) is 0 Å². The molecule has 0 spiro atoms. The fourth-order valence-corrected chi connectivity index (χ4v) is 3.57. The molecule has 2 aliphatic carbocycles. The first-order valence-electron chi connectivity index (χ1n) is 8.62. The Morgan fingerprint density at radius 2 is 1.79 bits per heavy atom. The third-order valence-corrected chi connectivity index (χ3v) is 5.06. The van der Waals surface area contributed by atoms with Crippen molar-refractivity contribution in [2.24, 2.45) is 11.8 Å². The van der Waals surface area contributed by atoms with Crippen LogP contribution in [0.3, 0.4) is 0 Å². The molecule has 2 heteroatoms. The Morgan fingerprint density at radius 1 is 1.05 bits per heavy atom. The summed E-state index contributed by atoms with van der Waals surface area (Å²) >= 11 is 0. The molecule has 0 aromatic carbocycles. The summed E-state index contributed by atoms with van der Waals surface area (Å²) in [4.78, 5) is 2.82. The number of rotatable bonds is 7. The minimum atomic E-state index is 0.766. The van der Waals surface area contributed by atoms with Crippen molar-refractivity contribution < 1.29 is 0 Å². The fourth-order valence-electron chi connectivity index (χ4n) is 3.57. The molecule has 1 N–H and O–H groups in total. The van der Waals surface area contributed by atoms with Gasteiger partial charge in [0.25, 0.3) is 0 Å². The van der Waals surface area contributed by atoms with Crippen LogP contribution in [-0.2, 0) is 0 Å². The number of hydrogen-bond acceptors (Lipinski definition) is 2. The highest BCUT2D eigenvalue weighted by Crippen LogP contribution is 2.31. The van der Waals surface area contributed by atoms with Gasteiger partial charge in [0.1, 0.15) is 0 Å². The normalized spacial score (nSPS) is 28.9. The van der Waals surface area contributed by atoms with Gasteiger partial charge in [-0.15, -0.1) is 0 Å².